The minimum Gasteiger partial charge on any atom is -0.397 e. The second-order valence-electron chi connectivity index (χ2n) is 5.26. The average Bonchev–Trinajstić information content (AvgIpc) is 2.39. The Hall–Kier alpha value is -1.36. The zero-order valence-corrected chi connectivity index (χ0v) is 13.0. The van der Waals surface area contributed by atoms with Crippen LogP contribution in [0.25, 0.3) is 0 Å². The minimum atomic E-state index is -0.0784. The Labute approximate surface area is 124 Å². The van der Waals surface area contributed by atoms with E-state index in [1.165, 1.54) is 19.3 Å². The first-order chi connectivity index (χ1) is 9.60. The molecule has 1 aliphatic rings. The van der Waals surface area contributed by atoms with Crippen LogP contribution in [0.3, 0.4) is 0 Å². The highest BCUT2D eigenvalue weighted by Gasteiger charge is 2.35. The van der Waals surface area contributed by atoms with Crippen molar-refractivity contribution in [3.8, 4) is 0 Å². The van der Waals surface area contributed by atoms with E-state index in [0.717, 1.165) is 12.2 Å². The number of rotatable bonds is 6. The molecule has 1 amide bonds. The summed E-state index contributed by atoms with van der Waals surface area (Å²) in [6.45, 7) is 3.45. The molecule has 4 nitrogen and oxygen atoms in total. The van der Waals surface area contributed by atoms with Crippen LogP contribution in [0, 0.1) is 0 Å². The zero-order valence-electron chi connectivity index (χ0n) is 12.2. The molecule has 4 N–H and O–H groups in total. The summed E-state index contributed by atoms with van der Waals surface area (Å²) in [4.78, 5) is 11.7. The Kier molecular flexibility index (Phi) is 4.81. The van der Waals surface area contributed by atoms with Crippen molar-refractivity contribution in [2.24, 2.45) is 0 Å². The van der Waals surface area contributed by atoms with Gasteiger partial charge in [-0.15, -0.1) is 0 Å². The average molecular weight is 293 g/mol. The lowest BCUT2D eigenvalue weighted by Crippen LogP contribution is -2.40. The molecule has 110 valence electrons. The summed E-state index contributed by atoms with van der Waals surface area (Å²) in [5.74, 6) is -0.0784. The van der Waals surface area contributed by atoms with Gasteiger partial charge >= 0.3 is 0 Å². The largest absolute Gasteiger partial charge is 0.397 e. The van der Waals surface area contributed by atoms with Gasteiger partial charge in [-0.2, -0.15) is 11.8 Å². The van der Waals surface area contributed by atoms with Gasteiger partial charge in [0.1, 0.15) is 0 Å². The van der Waals surface area contributed by atoms with E-state index in [1.54, 1.807) is 6.07 Å². The second kappa shape index (κ2) is 6.39. The Morgan fingerprint density at radius 3 is 2.70 bits per heavy atom. The summed E-state index contributed by atoms with van der Waals surface area (Å²) in [6.07, 6.45) is 6.01. The normalized spacial score (nSPS) is 16.3. The van der Waals surface area contributed by atoms with Crippen molar-refractivity contribution in [1.82, 2.24) is 5.32 Å². The molecule has 0 spiro atoms. The molecule has 2 rings (SSSR count). The van der Waals surface area contributed by atoms with E-state index in [1.807, 2.05) is 30.8 Å². The molecular weight excluding hydrogens is 270 g/mol. The number of carbonyl (C=O) groups is 1. The number of amides is 1. The molecule has 0 radical (unpaired) electrons. The van der Waals surface area contributed by atoms with Gasteiger partial charge in [-0.3, -0.25) is 4.79 Å². The number of nitrogens with one attached hydrogen (secondary N) is 2. The number of hydrogen-bond acceptors (Lipinski definition) is 4. The first-order valence-corrected chi connectivity index (χ1v) is 8.29. The molecule has 0 atom stereocenters. The molecule has 0 heterocycles. The lowest BCUT2D eigenvalue weighted by Gasteiger charge is -2.40. The van der Waals surface area contributed by atoms with Gasteiger partial charge < -0.3 is 16.4 Å². The third-order valence-corrected chi connectivity index (χ3v) is 5.37. The SMILES string of the molecule is CCNC(=O)c1ccc(NCC2(SC)CCC2)c(N)c1. The summed E-state index contributed by atoms with van der Waals surface area (Å²) in [6, 6.07) is 5.45. The monoisotopic (exact) mass is 293 g/mol. The minimum absolute atomic E-state index is 0.0784. The highest BCUT2D eigenvalue weighted by Crippen LogP contribution is 2.43. The van der Waals surface area contributed by atoms with Crippen molar-refractivity contribution in [1.29, 1.82) is 0 Å². The summed E-state index contributed by atoms with van der Waals surface area (Å²) >= 11 is 1.93. The third-order valence-electron chi connectivity index (χ3n) is 3.95. The summed E-state index contributed by atoms with van der Waals surface area (Å²) in [5.41, 5.74) is 8.19. The van der Waals surface area contributed by atoms with E-state index in [2.05, 4.69) is 16.9 Å². The molecule has 0 aromatic heterocycles. The molecular formula is C15H23N3OS. The highest BCUT2D eigenvalue weighted by molar-refractivity contribution is 8.00. The quantitative estimate of drug-likeness (QED) is 0.706. The molecule has 1 aromatic carbocycles. The molecule has 0 bridgehead atoms. The van der Waals surface area contributed by atoms with Crippen LogP contribution in [-0.2, 0) is 0 Å². The number of nitrogens with two attached hydrogens (primary N) is 1. The lowest BCUT2D eigenvalue weighted by molar-refractivity contribution is 0.0956. The molecule has 1 saturated carbocycles. The standard InChI is InChI=1S/C15H23N3OS/c1-3-17-14(19)11-5-6-13(12(16)9-11)18-10-15(20-2)7-4-8-15/h5-6,9,18H,3-4,7-8,10,16H2,1-2H3,(H,17,19). The Bertz CT molecular complexity index is 480. The van der Waals surface area contributed by atoms with Gasteiger partial charge in [-0.25, -0.2) is 0 Å². The Morgan fingerprint density at radius 1 is 1.45 bits per heavy atom. The van der Waals surface area contributed by atoms with Gasteiger partial charge in [0, 0.05) is 23.4 Å². The molecule has 20 heavy (non-hydrogen) atoms. The molecule has 0 aliphatic heterocycles. The fraction of sp³-hybridized carbons (Fsp3) is 0.533. The van der Waals surface area contributed by atoms with E-state index in [4.69, 9.17) is 5.73 Å². The Balaban J connectivity index is 2.01. The van der Waals surface area contributed by atoms with Crippen molar-refractivity contribution in [3.63, 3.8) is 0 Å². The van der Waals surface area contributed by atoms with Gasteiger partial charge in [-0.1, -0.05) is 6.42 Å². The van der Waals surface area contributed by atoms with E-state index in [9.17, 15) is 4.79 Å². The van der Waals surface area contributed by atoms with Crippen LogP contribution in [0.4, 0.5) is 11.4 Å². The van der Waals surface area contributed by atoms with Crippen LogP contribution in [-0.4, -0.2) is 30.0 Å². The maximum atomic E-state index is 11.7. The summed E-state index contributed by atoms with van der Waals surface area (Å²) < 4.78 is 0.366. The highest BCUT2D eigenvalue weighted by atomic mass is 32.2. The Morgan fingerprint density at radius 2 is 2.20 bits per heavy atom. The van der Waals surface area contributed by atoms with Crippen molar-refractivity contribution >= 4 is 29.0 Å². The first-order valence-electron chi connectivity index (χ1n) is 7.07. The van der Waals surface area contributed by atoms with Crippen molar-refractivity contribution < 1.29 is 4.79 Å². The van der Waals surface area contributed by atoms with Gasteiger partial charge in [0.25, 0.3) is 5.91 Å². The predicted molar refractivity (Wildman–Crippen MR) is 87.4 cm³/mol. The maximum Gasteiger partial charge on any atom is 0.251 e. The third kappa shape index (κ3) is 3.20. The second-order valence-corrected chi connectivity index (χ2v) is 6.53. The van der Waals surface area contributed by atoms with Crippen LogP contribution in [0.2, 0.25) is 0 Å². The van der Waals surface area contributed by atoms with E-state index in [-0.39, 0.29) is 5.91 Å². The van der Waals surface area contributed by atoms with Crippen molar-refractivity contribution in [2.45, 2.75) is 30.9 Å². The van der Waals surface area contributed by atoms with Crippen LogP contribution in [0.5, 0.6) is 0 Å². The van der Waals surface area contributed by atoms with Gasteiger partial charge in [0.05, 0.1) is 11.4 Å². The van der Waals surface area contributed by atoms with E-state index in [0.29, 0.717) is 22.5 Å². The molecule has 5 heteroatoms. The molecule has 1 aliphatic carbocycles. The first kappa shape index (κ1) is 15.0. The van der Waals surface area contributed by atoms with Gasteiger partial charge in [0.15, 0.2) is 0 Å². The van der Waals surface area contributed by atoms with Crippen LogP contribution in [0.15, 0.2) is 18.2 Å². The molecule has 0 saturated heterocycles. The smallest absolute Gasteiger partial charge is 0.251 e. The number of carbonyl (C=O) groups excluding carboxylic acids is 1. The fourth-order valence-corrected chi connectivity index (χ4v) is 3.32. The van der Waals surface area contributed by atoms with Crippen molar-refractivity contribution in [2.75, 3.05) is 30.4 Å². The lowest BCUT2D eigenvalue weighted by atomic mass is 9.84. The predicted octanol–water partition coefficient (Wildman–Crippen LogP) is 2.72. The topological polar surface area (TPSA) is 67.2 Å². The van der Waals surface area contributed by atoms with E-state index >= 15 is 0 Å². The molecule has 1 fully saturated rings. The maximum absolute atomic E-state index is 11.7. The number of thioether (sulfide) groups is 1. The number of anilines is 2. The number of benzene rings is 1. The summed E-state index contributed by atoms with van der Waals surface area (Å²) in [5, 5.41) is 6.20. The van der Waals surface area contributed by atoms with Crippen LogP contribution < -0.4 is 16.4 Å². The van der Waals surface area contributed by atoms with Gasteiger partial charge in [0.2, 0.25) is 0 Å². The fourth-order valence-electron chi connectivity index (χ4n) is 2.41. The van der Waals surface area contributed by atoms with Crippen molar-refractivity contribution in [3.05, 3.63) is 23.8 Å². The summed E-state index contributed by atoms with van der Waals surface area (Å²) in [7, 11) is 0. The van der Waals surface area contributed by atoms with Gasteiger partial charge in [-0.05, 0) is 44.2 Å². The molecule has 1 aromatic rings. The molecule has 0 unspecified atom stereocenters. The number of hydrogen-bond donors (Lipinski definition) is 3. The van der Waals surface area contributed by atoms with Crippen LogP contribution >= 0.6 is 11.8 Å². The van der Waals surface area contributed by atoms with Crippen LogP contribution in [0.1, 0.15) is 36.5 Å². The van der Waals surface area contributed by atoms with E-state index < -0.39 is 0 Å². The number of nitrogen functional groups attached to an aromatic ring is 1. The zero-order chi connectivity index (χ0) is 14.6.